The van der Waals surface area contributed by atoms with Crippen LogP contribution in [-0.2, 0) is 33.6 Å². The summed E-state index contributed by atoms with van der Waals surface area (Å²) in [6.45, 7) is 3.43. The third-order valence-electron chi connectivity index (χ3n) is 4.65. The first kappa shape index (κ1) is 31.2. The van der Waals surface area contributed by atoms with Crippen LogP contribution in [0, 0.1) is 5.92 Å². The maximum absolute atomic E-state index is 12.8. The quantitative estimate of drug-likeness (QED) is 0.103. The number of hydrogen-bond donors (Lipinski definition) is 8. The van der Waals surface area contributed by atoms with Crippen LogP contribution in [0.25, 0.3) is 0 Å². The molecule has 10 N–H and O–H groups in total. The molecule has 15 heteroatoms. The van der Waals surface area contributed by atoms with Gasteiger partial charge in [0.1, 0.15) is 18.1 Å². The maximum Gasteiger partial charge on any atom is 0.326 e. The van der Waals surface area contributed by atoms with E-state index in [1.54, 1.807) is 13.8 Å². The molecule has 4 amide bonds. The number of primary amides is 1. The highest BCUT2D eigenvalue weighted by atomic mass is 16.4. The second-order valence-corrected chi connectivity index (χ2v) is 8.29. The fourth-order valence-electron chi connectivity index (χ4n) is 2.86. The van der Waals surface area contributed by atoms with E-state index in [2.05, 4.69) is 16.0 Å². The number of nitrogens with one attached hydrogen (secondary N) is 3. The highest BCUT2D eigenvalue weighted by molar-refractivity contribution is 5.95. The van der Waals surface area contributed by atoms with Crippen LogP contribution < -0.4 is 27.4 Å². The molecule has 0 aliphatic carbocycles. The number of nitrogens with two attached hydrogens (primary N) is 2. The average molecular weight is 504 g/mol. The predicted octanol–water partition coefficient (Wildman–Crippen LogP) is -2.50. The van der Waals surface area contributed by atoms with Gasteiger partial charge in [-0.2, -0.15) is 0 Å². The van der Waals surface area contributed by atoms with E-state index in [9.17, 15) is 38.7 Å². The van der Waals surface area contributed by atoms with Gasteiger partial charge < -0.3 is 42.7 Å². The average Bonchev–Trinajstić information content (AvgIpc) is 2.72. The molecule has 0 heterocycles. The molecule has 0 rings (SSSR count). The minimum atomic E-state index is -1.65. The Labute approximate surface area is 201 Å². The first-order chi connectivity index (χ1) is 16.1. The lowest BCUT2D eigenvalue weighted by atomic mass is 10.0. The van der Waals surface area contributed by atoms with E-state index in [1.165, 1.54) is 0 Å². The molecular formula is C20H33N5O10. The highest BCUT2D eigenvalue weighted by Crippen LogP contribution is 2.08. The lowest BCUT2D eigenvalue weighted by Crippen LogP contribution is -2.57. The van der Waals surface area contributed by atoms with Crippen molar-refractivity contribution in [1.29, 1.82) is 0 Å². The third-order valence-corrected chi connectivity index (χ3v) is 4.65. The van der Waals surface area contributed by atoms with Crippen LogP contribution in [0.2, 0.25) is 0 Å². The van der Waals surface area contributed by atoms with E-state index in [0.717, 1.165) is 0 Å². The SMILES string of the molecule is CC(C)CC(NC(=O)C(CC(=O)O)NC(=O)C(N)CCC(=O)O)C(=O)NC(CCC(N)=O)C(=O)O. The van der Waals surface area contributed by atoms with Gasteiger partial charge in [0, 0.05) is 12.8 Å². The van der Waals surface area contributed by atoms with Crippen LogP contribution in [-0.4, -0.2) is 81.0 Å². The Morgan fingerprint density at radius 2 is 1.23 bits per heavy atom. The molecule has 0 aliphatic rings. The van der Waals surface area contributed by atoms with Gasteiger partial charge >= 0.3 is 17.9 Å². The number of aliphatic carboxylic acids is 3. The Hall–Kier alpha value is -3.75. The number of carbonyl (C=O) groups excluding carboxylic acids is 4. The van der Waals surface area contributed by atoms with Gasteiger partial charge in [-0.05, 0) is 25.2 Å². The first-order valence-corrected chi connectivity index (χ1v) is 10.7. The molecule has 0 spiro atoms. The molecule has 0 aromatic carbocycles. The summed E-state index contributed by atoms with van der Waals surface area (Å²) >= 11 is 0. The summed E-state index contributed by atoms with van der Waals surface area (Å²) in [7, 11) is 0. The number of carbonyl (C=O) groups is 7. The Balaban J connectivity index is 5.51. The van der Waals surface area contributed by atoms with Crippen molar-refractivity contribution in [1.82, 2.24) is 16.0 Å². The summed E-state index contributed by atoms with van der Waals surface area (Å²) in [6, 6.07) is -5.75. The van der Waals surface area contributed by atoms with Gasteiger partial charge in [0.15, 0.2) is 0 Å². The monoisotopic (exact) mass is 503 g/mol. The van der Waals surface area contributed by atoms with Gasteiger partial charge in [0.2, 0.25) is 23.6 Å². The van der Waals surface area contributed by atoms with Crippen molar-refractivity contribution in [3.63, 3.8) is 0 Å². The molecule has 0 fully saturated rings. The van der Waals surface area contributed by atoms with E-state index in [1.807, 2.05) is 0 Å². The minimum Gasteiger partial charge on any atom is -0.481 e. The molecule has 35 heavy (non-hydrogen) atoms. The van der Waals surface area contributed by atoms with Crippen LogP contribution in [0.4, 0.5) is 0 Å². The van der Waals surface area contributed by atoms with Crippen LogP contribution in [0.3, 0.4) is 0 Å². The van der Waals surface area contributed by atoms with Crippen molar-refractivity contribution in [3.8, 4) is 0 Å². The Morgan fingerprint density at radius 3 is 1.69 bits per heavy atom. The van der Waals surface area contributed by atoms with Crippen molar-refractivity contribution in [2.24, 2.45) is 17.4 Å². The van der Waals surface area contributed by atoms with Gasteiger partial charge in [0.25, 0.3) is 0 Å². The number of hydrogen-bond acceptors (Lipinski definition) is 8. The fourth-order valence-corrected chi connectivity index (χ4v) is 2.86. The molecule has 0 saturated heterocycles. The summed E-state index contributed by atoms with van der Waals surface area (Å²) in [4.78, 5) is 81.9. The second-order valence-electron chi connectivity index (χ2n) is 8.29. The standard InChI is InChI=1S/C20H33N5O10/c1-9(2)7-12(18(32)23-11(20(34)35)4-5-14(22)26)25-19(33)13(8-16(29)30)24-17(31)10(21)3-6-15(27)28/h9-13H,3-8,21H2,1-2H3,(H2,22,26)(H,23,32)(H,24,31)(H,25,33)(H,27,28)(H,29,30)(H,34,35). The molecule has 4 unspecified atom stereocenters. The summed E-state index contributed by atoms with van der Waals surface area (Å²) in [6.07, 6.45) is -2.12. The van der Waals surface area contributed by atoms with Gasteiger partial charge in [-0.1, -0.05) is 13.8 Å². The third kappa shape index (κ3) is 13.5. The van der Waals surface area contributed by atoms with E-state index < -0.39 is 78.5 Å². The van der Waals surface area contributed by atoms with Crippen LogP contribution in [0.5, 0.6) is 0 Å². The van der Waals surface area contributed by atoms with Crippen LogP contribution >= 0.6 is 0 Å². The van der Waals surface area contributed by atoms with Crippen molar-refractivity contribution in [2.75, 3.05) is 0 Å². The number of rotatable bonds is 17. The highest BCUT2D eigenvalue weighted by Gasteiger charge is 2.32. The zero-order valence-corrected chi connectivity index (χ0v) is 19.5. The first-order valence-electron chi connectivity index (χ1n) is 10.7. The lowest BCUT2D eigenvalue weighted by molar-refractivity contribution is -0.143. The molecule has 0 aromatic rings. The van der Waals surface area contributed by atoms with Crippen molar-refractivity contribution < 1.29 is 48.9 Å². The molecule has 0 bridgehead atoms. The fraction of sp³-hybridized carbons (Fsp3) is 0.650. The number of carboxylic acid groups (broad SMARTS) is 3. The summed E-state index contributed by atoms with van der Waals surface area (Å²) in [5.74, 6) is -7.94. The summed E-state index contributed by atoms with van der Waals surface area (Å²) in [5.41, 5.74) is 10.6. The topological polar surface area (TPSA) is 268 Å². The number of carboxylic acids is 3. The zero-order chi connectivity index (χ0) is 27.3. The van der Waals surface area contributed by atoms with Crippen molar-refractivity contribution in [2.45, 2.75) is 76.5 Å². The molecule has 0 radical (unpaired) electrons. The van der Waals surface area contributed by atoms with E-state index >= 15 is 0 Å². The number of amides is 4. The largest absolute Gasteiger partial charge is 0.481 e. The molecule has 0 aliphatic heterocycles. The van der Waals surface area contributed by atoms with Gasteiger partial charge in [0.05, 0.1) is 12.5 Å². The van der Waals surface area contributed by atoms with Gasteiger partial charge in [-0.25, -0.2) is 4.79 Å². The molecular weight excluding hydrogens is 470 g/mol. The molecule has 0 saturated carbocycles. The Morgan fingerprint density at radius 1 is 0.714 bits per heavy atom. The van der Waals surface area contributed by atoms with Crippen molar-refractivity contribution >= 4 is 41.5 Å². The summed E-state index contributed by atoms with van der Waals surface area (Å²) in [5, 5.41) is 33.7. The van der Waals surface area contributed by atoms with Gasteiger partial charge in [-0.15, -0.1) is 0 Å². The Kier molecular flexibility index (Phi) is 13.6. The van der Waals surface area contributed by atoms with E-state index in [-0.39, 0.29) is 31.6 Å². The molecule has 198 valence electrons. The predicted molar refractivity (Wildman–Crippen MR) is 118 cm³/mol. The smallest absolute Gasteiger partial charge is 0.326 e. The van der Waals surface area contributed by atoms with E-state index in [0.29, 0.717) is 0 Å². The minimum absolute atomic E-state index is 0.0333. The Bertz CT molecular complexity index is 816. The van der Waals surface area contributed by atoms with Crippen molar-refractivity contribution in [3.05, 3.63) is 0 Å². The summed E-state index contributed by atoms with van der Waals surface area (Å²) < 4.78 is 0. The van der Waals surface area contributed by atoms with Gasteiger partial charge in [-0.3, -0.25) is 28.8 Å². The second kappa shape index (κ2) is 15.2. The molecule has 0 aromatic heterocycles. The normalized spacial score (nSPS) is 14.2. The zero-order valence-electron chi connectivity index (χ0n) is 19.5. The lowest BCUT2D eigenvalue weighted by Gasteiger charge is -2.25. The maximum atomic E-state index is 12.8. The molecule has 15 nitrogen and oxygen atoms in total. The van der Waals surface area contributed by atoms with E-state index in [4.69, 9.17) is 21.7 Å². The van der Waals surface area contributed by atoms with Crippen LogP contribution in [0.1, 0.15) is 52.4 Å². The molecule has 4 atom stereocenters. The van der Waals surface area contributed by atoms with Crippen LogP contribution in [0.15, 0.2) is 0 Å².